The molecular weight excluding hydrogens is 258 g/mol. The van der Waals surface area contributed by atoms with Crippen LogP contribution in [0.15, 0.2) is 28.2 Å². The van der Waals surface area contributed by atoms with Crippen LogP contribution in [0.2, 0.25) is 0 Å². The van der Waals surface area contributed by atoms with Gasteiger partial charge in [0.05, 0.1) is 23.7 Å². The molecule has 0 unspecified atom stereocenters. The first-order valence-electron chi connectivity index (χ1n) is 6.35. The molecule has 0 aliphatic heterocycles. The Labute approximate surface area is 116 Å². The minimum absolute atomic E-state index is 0.193. The van der Waals surface area contributed by atoms with Gasteiger partial charge < -0.3 is 9.73 Å². The van der Waals surface area contributed by atoms with Gasteiger partial charge in [0.1, 0.15) is 5.76 Å². The Balaban J connectivity index is 1.82. The van der Waals surface area contributed by atoms with Gasteiger partial charge in [-0.3, -0.25) is 4.40 Å². The van der Waals surface area contributed by atoms with Crippen molar-refractivity contribution in [3.63, 3.8) is 0 Å². The lowest BCUT2D eigenvalue weighted by molar-refractivity contribution is 0.428. The Morgan fingerprint density at radius 2 is 2.32 bits per heavy atom. The van der Waals surface area contributed by atoms with E-state index in [-0.39, 0.29) is 6.04 Å². The summed E-state index contributed by atoms with van der Waals surface area (Å²) < 4.78 is 7.63. The Bertz CT molecular complexity index is 681. The predicted molar refractivity (Wildman–Crippen MR) is 76.5 cm³/mol. The van der Waals surface area contributed by atoms with Gasteiger partial charge in [-0.05, 0) is 32.9 Å². The second-order valence-corrected chi connectivity index (χ2v) is 5.59. The summed E-state index contributed by atoms with van der Waals surface area (Å²) in [5.41, 5.74) is 3.56. The smallest absolute Gasteiger partial charge is 0.194 e. The number of rotatable bonds is 4. The average Bonchev–Trinajstić information content (AvgIpc) is 3.07. The van der Waals surface area contributed by atoms with Crippen LogP contribution in [0.3, 0.4) is 0 Å². The highest BCUT2D eigenvalue weighted by Crippen LogP contribution is 2.21. The third-order valence-electron chi connectivity index (χ3n) is 3.38. The Kier molecular flexibility index (Phi) is 3.16. The predicted octanol–water partition coefficient (Wildman–Crippen LogP) is 3.46. The summed E-state index contributed by atoms with van der Waals surface area (Å²) in [5, 5.41) is 5.63. The molecule has 3 heterocycles. The quantitative estimate of drug-likeness (QED) is 0.793. The second kappa shape index (κ2) is 4.83. The van der Waals surface area contributed by atoms with E-state index in [9.17, 15) is 0 Å². The summed E-state index contributed by atoms with van der Waals surface area (Å²) >= 11 is 1.69. The van der Waals surface area contributed by atoms with E-state index in [0.29, 0.717) is 0 Å². The van der Waals surface area contributed by atoms with E-state index >= 15 is 0 Å². The molecule has 0 radical (unpaired) electrons. The van der Waals surface area contributed by atoms with Crippen LogP contribution < -0.4 is 5.32 Å². The summed E-state index contributed by atoms with van der Waals surface area (Å²) in [7, 11) is 0. The van der Waals surface area contributed by atoms with Crippen LogP contribution in [0.25, 0.3) is 4.96 Å². The van der Waals surface area contributed by atoms with Crippen molar-refractivity contribution >= 4 is 16.3 Å². The molecular formula is C14H17N3OS. The third-order valence-corrected chi connectivity index (χ3v) is 4.32. The van der Waals surface area contributed by atoms with Gasteiger partial charge in [-0.25, -0.2) is 4.98 Å². The standard InChI is InChI=1S/C14H17N3OS/c1-9-8-19-14-16-10(2)12(17(9)14)7-15-11(3)13-5-4-6-18-13/h4-6,8,11,15H,7H2,1-3H3/t11-/m1/s1. The third kappa shape index (κ3) is 2.19. The molecule has 4 nitrogen and oxygen atoms in total. The van der Waals surface area contributed by atoms with Gasteiger partial charge in [-0.15, -0.1) is 11.3 Å². The number of imidazole rings is 1. The largest absolute Gasteiger partial charge is 0.468 e. The molecule has 3 aromatic rings. The molecule has 19 heavy (non-hydrogen) atoms. The van der Waals surface area contributed by atoms with Gasteiger partial charge in [0.25, 0.3) is 0 Å². The highest BCUT2D eigenvalue weighted by Gasteiger charge is 2.14. The van der Waals surface area contributed by atoms with Crippen molar-refractivity contribution in [3.8, 4) is 0 Å². The number of furan rings is 1. The molecule has 0 bridgehead atoms. The van der Waals surface area contributed by atoms with E-state index in [4.69, 9.17) is 4.42 Å². The molecule has 0 aliphatic rings. The molecule has 3 rings (SSSR count). The van der Waals surface area contributed by atoms with Gasteiger partial charge in [-0.2, -0.15) is 0 Å². The summed E-state index contributed by atoms with van der Waals surface area (Å²) in [6.07, 6.45) is 1.71. The van der Waals surface area contributed by atoms with Crippen molar-refractivity contribution in [3.05, 3.63) is 46.6 Å². The van der Waals surface area contributed by atoms with Crippen molar-refractivity contribution < 1.29 is 4.42 Å². The molecule has 100 valence electrons. The van der Waals surface area contributed by atoms with Crippen molar-refractivity contribution in [1.29, 1.82) is 0 Å². The maximum Gasteiger partial charge on any atom is 0.194 e. The van der Waals surface area contributed by atoms with E-state index in [1.165, 1.54) is 11.4 Å². The Morgan fingerprint density at radius 3 is 3.05 bits per heavy atom. The van der Waals surface area contributed by atoms with Gasteiger partial charge >= 0.3 is 0 Å². The van der Waals surface area contributed by atoms with E-state index in [1.54, 1.807) is 17.6 Å². The fraction of sp³-hybridized carbons (Fsp3) is 0.357. The summed E-state index contributed by atoms with van der Waals surface area (Å²) in [6, 6.07) is 4.10. The normalized spacial score (nSPS) is 13.2. The number of hydrogen-bond donors (Lipinski definition) is 1. The maximum atomic E-state index is 5.41. The minimum atomic E-state index is 0.193. The topological polar surface area (TPSA) is 42.5 Å². The fourth-order valence-electron chi connectivity index (χ4n) is 2.26. The molecule has 0 spiro atoms. The Hall–Kier alpha value is -1.59. The van der Waals surface area contributed by atoms with Crippen LogP contribution in [-0.4, -0.2) is 9.38 Å². The molecule has 1 atom stereocenters. The molecule has 0 fully saturated rings. The maximum absolute atomic E-state index is 5.41. The first-order chi connectivity index (χ1) is 9.16. The molecule has 0 aromatic carbocycles. The van der Waals surface area contributed by atoms with Gasteiger partial charge in [0.2, 0.25) is 0 Å². The van der Waals surface area contributed by atoms with E-state index in [0.717, 1.165) is 23.0 Å². The summed E-state index contributed by atoms with van der Waals surface area (Å²) in [5.74, 6) is 0.959. The lowest BCUT2D eigenvalue weighted by atomic mass is 10.2. The lowest BCUT2D eigenvalue weighted by Crippen LogP contribution is -2.19. The zero-order chi connectivity index (χ0) is 13.4. The van der Waals surface area contributed by atoms with Crippen LogP contribution in [0.1, 0.15) is 35.8 Å². The van der Waals surface area contributed by atoms with E-state index in [2.05, 4.69) is 40.9 Å². The van der Waals surface area contributed by atoms with E-state index < -0.39 is 0 Å². The van der Waals surface area contributed by atoms with Crippen LogP contribution in [0, 0.1) is 13.8 Å². The molecule has 5 heteroatoms. The zero-order valence-electron chi connectivity index (χ0n) is 11.3. The van der Waals surface area contributed by atoms with Crippen LogP contribution in [0.5, 0.6) is 0 Å². The van der Waals surface area contributed by atoms with Crippen molar-refractivity contribution in [2.45, 2.75) is 33.4 Å². The van der Waals surface area contributed by atoms with Crippen LogP contribution >= 0.6 is 11.3 Å². The first kappa shape index (κ1) is 12.4. The van der Waals surface area contributed by atoms with Gasteiger partial charge in [-0.1, -0.05) is 0 Å². The molecule has 0 saturated heterocycles. The monoisotopic (exact) mass is 275 g/mol. The van der Waals surface area contributed by atoms with Crippen LogP contribution in [-0.2, 0) is 6.54 Å². The summed E-state index contributed by atoms with van der Waals surface area (Å²) in [6.45, 7) is 7.07. The number of fused-ring (bicyclic) bond motifs is 1. The number of aromatic nitrogens is 2. The number of nitrogens with one attached hydrogen (secondary N) is 1. The zero-order valence-corrected chi connectivity index (χ0v) is 12.1. The van der Waals surface area contributed by atoms with Crippen LogP contribution in [0.4, 0.5) is 0 Å². The van der Waals surface area contributed by atoms with Crippen molar-refractivity contribution in [1.82, 2.24) is 14.7 Å². The minimum Gasteiger partial charge on any atom is -0.468 e. The molecule has 3 aromatic heterocycles. The fourth-order valence-corrected chi connectivity index (χ4v) is 3.19. The number of thiazole rings is 1. The van der Waals surface area contributed by atoms with E-state index in [1.807, 2.05) is 12.1 Å². The van der Waals surface area contributed by atoms with Gasteiger partial charge in [0, 0.05) is 17.6 Å². The van der Waals surface area contributed by atoms with Gasteiger partial charge in [0.15, 0.2) is 4.96 Å². The molecule has 0 aliphatic carbocycles. The second-order valence-electron chi connectivity index (χ2n) is 4.76. The highest BCUT2D eigenvalue weighted by molar-refractivity contribution is 7.15. The highest BCUT2D eigenvalue weighted by atomic mass is 32.1. The SMILES string of the molecule is Cc1nc2scc(C)n2c1CN[C@H](C)c1ccco1. The average molecular weight is 275 g/mol. The number of nitrogens with zero attached hydrogens (tertiary/aromatic N) is 2. The number of aryl methyl sites for hydroxylation is 2. The molecule has 0 saturated carbocycles. The van der Waals surface area contributed by atoms with Crippen molar-refractivity contribution in [2.75, 3.05) is 0 Å². The lowest BCUT2D eigenvalue weighted by Gasteiger charge is -2.11. The van der Waals surface area contributed by atoms with Crippen molar-refractivity contribution in [2.24, 2.45) is 0 Å². The first-order valence-corrected chi connectivity index (χ1v) is 7.23. The molecule has 0 amide bonds. The molecule has 1 N–H and O–H groups in total. The number of hydrogen-bond acceptors (Lipinski definition) is 4. The summed E-state index contributed by atoms with van der Waals surface area (Å²) in [4.78, 5) is 5.66. The Morgan fingerprint density at radius 1 is 1.47 bits per heavy atom.